The van der Waals surface area contributed by atoms with Crippen LogP contribution in [0, 0.1) is 11.8 Å². The van der Waals surface area contributed by atoms with Gasteiger partial charge in [0.2, 0.25) is 0 Å². The number of nitrogens with zero attached hydrogens (tertiary/aromatic N) is 1. The minimum Gasteiger partial charge on any atom is -0.349 e. The molecule has 1 aromatic rings. The van der Waals surface area contributed by atoms with Crippen molar-refractivity contribution in [2.45, 2.75) is 39.2 Å². The molecule has 0 aromatic carbocycles. The summed E-state index contributed by atoms with van der Waals surface area (Å²) in [5.41, 5.74) is 3.02. The molecule has 3 unspecified atom stereocenters. The van der Waals surface area contributed by atoms with E-state index in [1.54, 1.807) is 18.3 Å². The van der Waals surface area contributed by atoms with Crippen LogP contribution in [0.1, 0.15) is 43.5 Å². The molecule has 19 heavy (non-hydrogen) atoms. The monoisotopic (exact) mass is 262 g/mol. The van der Waals surface area contributed by atoms with E-state index in [4.69, 9.17) is 5.84 Å². The molecular formula is C14H22N4O. The maximum atomic E-state index is 12.2. The predicted octanol–water partition coefficient (Wildman–Crippen LogP) is 1.92. The standard InChI is InChI=1S/C14H22N4O/c1-9-4-3-5-12(10(9)2)17-14(19)11-6-7-13(18-15)16-8-11/h6-10,12H,3-5,15H2,1-2H3,(H,16,18)(H,17,19). The summed E-state index contributed by atoms with van der Waals surface area (Å²) < 4.78 is 0. The van der Waals surface area contributed by atoms with Crippen LogP contribution in [0.4, 0.5) is 5.82 Å². The predicted molar refractivity (Wildman–Crippen MR) is 75.5 cm³/mol. The number of nitrogens with two attached hydrogens (primary N) is 1. The lowest BCUT2D eigenvalue weighted by atomic mass is 9.78. The number of anilines is 1. The van der Waals surface area contributed by atoms with Gasteiger partial charge in [0.05, 0.1) is 5.56 Å². The Morgan fingerprint density at radius 2 is 2.16 bits per heavy atom. The summed E-state index contributed by atoms with van der Waals surface area (Å²) >= 11 is 0. The normalized spacial score (nSPS) is 26.8. The summed E-state index contributed by atoms with van der Waals surface area (Å²) in [6.45, 7) is 4.47. The van der Waals surface area contributed by atoms with Crippen molar-refractivity contribution in [3.05, 3.63) is 23.9 Å². The van der Waals surface area contributed by atoms with Crippen LogP contribution in [0.3, 0.4) is 0 Å². The van der Waals surface area contributed by atoms with Crippen LogP contribution in [0.25, 0.3) is 0 Å². The molecule has 0 spiro atoms. The molecule has 1 saturated carbocycles. The van der Waals surface area contributed by atoms with E-state index < -0.39 is 0 Å². The Kier molecular flexibility index (Phi) is 4.37. The van der Waals surface area contributed by atoms with E-state index in [0.29, 0.717) is 23.2 Å². The van der Waals surface area contributed by atoms with E-state index in [1.165, 1.54) is 12.8 Å². The molecule has 3 atom stereocenters. The number of hydrogen-bond acceptors (Lipinski definition) is 4. The Balaban J connectivity index is 1.99. The van der Waals surface area contributed by atoms with E-state index in [2.05, 4.69) is 29.6 Å². The second kappa shape index (κ2) is 6.02. The summed E-state index contributed by atoms with van der Waals surface area (Å²) in [6, 6.07) is 3.69. The van der Waals surface area contributed by atoms with Crippen LogP contribution in [-0.4, -0.2) is 16.9 Å². The van der Waals surface area contributed by atoms with Crippen molar-refractivity contribution in [1.29, 1.82) is 0 Å². The zero-order valence-corrected chi connectivity index (χ0v) is 11.5. The Morgan fingerprint density at radius 3 is 2.79 bits per heavy atom. The number of aromatic nitrogens is 1. The lowest BCUT2D eigenvalue weighted by Gasteiger charge is -2.34. The summed E-state index contributed by atoms with van der Waals surface area (Å²) in [5, 5.41) is 3.12. The molecule has 0 bridgehead atoms. The van der Waals surface area contributed by atoms with Gasteiger partial charge in [0.25, 0.3) is 5.91 Å². The van der Waals surface area contributed by atoms with Crippen molar-refractivity contribution in [3.63, 3.8) is 0 Å². The van der Waals surface area contributed by atoms with E-state index in [0.717, 1.165) is 6.42 Å². The molecule has 0 saturated heterocycles. The second-order valence-corrected chi connectivity index (χ2v) is 5.42. The molecule has 0 aliphatic heterocycles. The van der Waals surface area contributed by atoms with Crippen LogP contribution < -0.4 is 16.6 Å². The lowest BCUT2D eigenvalue weighted by molar-refractivity contribution is 0.0890. The first kappa shape index (κ1) is 13.8. The Bertz CT molecular complexity index is 432. The van der Waals surface area contributed by atoms with Crippen molar-refractivity contribution in [2.75, 3.05) is 5.43 Å². The van der Waals surface area contributed by atoms with Crippen LogP contribution in [0.5, 0.6) is 0 Å². The molecule has 1 aliphatic rings. The fourth-order valence-corrected chi connectivity index (χ4v) is 2.65. The fraction of sp³-hybridized carbons (Fsp3) is 0.571. The maximum Gasteiger partial charge on any atom is 0.253 e. The highest BCUT2D eigenvalue weighted by Crippen LogP contribution is 2.29. The molecule has 1 aromatic heterocycles. The van der Waals surface area contributed by atoms with Gasteiger partial charge in [-0.3, -0.25) is 4.79 Å². The average molecular weight is 262 g/mol. The lowest BCUT2D eigenvalue weighted by Crippen LogP contribution is -2.43. The van der Waals surface area contributed by atoms with Gasteiger partial charge >= 0.3 is 0 Å². The number of amides is 1. The molecule has 1 amide bonds. The first-order chi connectivity index (χ1) is 9.11. The second-order valence-electron chi connectivity index (χ2n) is 5.42. The number of hydrogen-bond donors (Lipinski definition) is 3. The van der Waals surface area contributed by atoms with Gasteiger partial charge in [0.15, 0.2) is 0 Å². The largest absolute Gasteiger partial charge is 0.349 e. The van der Waals surface area contributed by atoms with Crippen LogP contribution >= 0.6 is 0 Å². The summed E-state index contributed by atoms with van der Waals surface area (Å²) in [4.78, 5) is 16.2. The summed E-state index contributed by atoms with van der Waals surface area (Å²) in [6.07, 6.45) is 5.05. The highest BCUT2D eigenvalue weighted by Gasteiger charge is 2.28. The van der Waals surface area contributed by atoms with E-state index in [-0.39, 0.29) is 11.9 Å². The summed E-state index contributed by atoms with van der Waals surface area (Å²) in [7, 11) is 0. The zero-order chi connectivity index (χ0) is 13.8. The molecule has 1 aliphatic carbocycles. The zero-order valence-electron chi connectivity index (χ0n) is 11.5. The first-order valence-corrected chi connectivity index (χ1v) is 6.85. The van der Waals surface area contributed by atoms with Crippen molar-refractivity contribution in [2.24, 2.45) is 17.7 Å². The molecule has 5 nitrogen and oxygen atoms in total. The quantitative estimate of drug-likeness (QED) is 0.574. The molecule has 0 radical (unpaired) electrons. The van der Waals surface area contributed by atoms with Gasteiger partial charge in [-0.25, -0.2) is 10.8 Å². The Hall–Kier alpha value is -1.62. The molecule has 1 fully saturated rings. The minimum absolute atomic E-state index is 0.0537. The van der Waals surface area contributed by atoms with E-state index in [1.807, 2.05) is 0 Å². The number of hydrazine groups is 1. The molecular weight excluding hydrogens is 240 g/mol. The van der Waals surface area contributed by atoms with Crippen molar-refractivity contribution >= 4 is 11.7 Å². The smallest absolute Gasteiger partial charge is 0.253 e. The first-order valence-electron chi connectivity index (χ1n) is 6.85. The van der Waals surface area contributed by atoms with Crippen molar-refractivity contribution in [1.82, 2.24) is 10.3 Å². The Labute approximate surface area is 114 Å². The van der Waals surface area contributed by atoms with Gasteiger partial charge in [0.1, 0.15) is 5.82 Å². The third kappa shape index (κ3) is 3.23. The topological polar surface area (TPSA) is 80.0 Å². The molecule has 104 valence electrons. The SMILES string of the molecule is CC1CCCC(NC(=O)c2ccc(NN)nc2)C1C. The van der Waals surface area contributed by atoms with Gasteiger partial charge in [0, 0.05) is 12.2 Å². The number of carbonyl (C=O) groups excluding carboxylic acids is 1. The van der Waals surface area contributed by atoms with Gasteiger partial charge in [-0.2, -0.15) is 0 Å². The maximum absolute atomic E-state index is 12.2. The van der Waals surface area contributed by atoms with Gasteiger partial charge in [-0.05, 0) is 30.4 Å². The number of nitrogens with one attached hydrogen (secondary N) is 2. The molecule has 1 heterocycles. The number of rotatable bonds is 3. The van der Waals surface area contributed by atoms with Crippen LogP contribution in [0.15, 0.2) is 18.3 Å². The number of carbonyl (C=O) groups is 1. The highest BCUT2D eigenvalue weighted by atomic mass is 16.1. The number of pyridine rings is 1. The van der Waals surface area contributed by atoms with Gasteiger partial charge in [-0.15, -0.1) is 0 Å². The Morgan fingerprint density at radius 1 is 1.37 bits per heavy atom. The van der Waals surface area contributed by atoms with E-state index in [9.17, 15) is 4.79 Å². The molecule has 5 heteroatoms. The third-order valence-electron chi connectivity index (χ3n) is 4.20. The van der Waals surface area contributed by atoms with Crippen LogP contribution in [-0.2, 0) is 0 Å². The van der Waals surface area contributed by atoms with Gasteiger partial charge < -0.3 is 10.7 Å². The fourth-order valence-electron chi connectivity index (χ4n) is 2.65. The van der Waals surface area contributed by atoms with Crippen molar-refractivity contribution in [3.8, 4) is 0 Å². The van der Waals surface area contributed by atoms with Crippen LogP contribution in [0.2, 0.25) is 0 Å². The highest BCUT2D eigenvalue weighted by molar-refractivity contribution is 5.94. The molecule has 2 rings (SSSR count). The minimum atomic E-state index is -0.0537. The number of nitrogen functional groups attached to an aromatic ring is 1. The molecule has 4 N–H and O–H groups in total. The van der Waals surface area contributed by atoms with E-state index >= 15 is 0 Å². The van der Waals surface area contributed by atoms with Crippen molar-refractivity contribution < 1.29 is 4.79 Å². The summed E-state index contributed by atoms with van der Waals surface area (Å²) in [5.74, 6) is 6.94. The third-order valence-corrected chi connectivity index (χ3v) is 4.20. The average Bonchev–Trinajstić information content (AvgIpc) is 2.44. The van der Waals surface area contributed by atoms with Gasteiger partial charge in [-0.1, -0.05) is 26.7 Å².